The third-order valence-corrected chi connectivity index (χ3v) is 5.34. The number of hydrogen-bond donors (Lipinski definition) is 2. The van der Waals surface area contributed by atoms with Gasteiger partial charge in [0.2, 0.25) is 0 Å². The van der Waals surface area contributed by atoms with E-state index in [1.165, 1.54) is 18.3 Å². The number of ether oxygens (including phenoxy) is 1. The van der Waals surface area contributed by atoms with Gasteiger partial charge in [-0.05, 0) is 32.4 Å². The molecule has 2 heterocycles. The van der Waals surface area contributed by atoms with Crippen LogP contribution in [0.2, 0.25) is 0 Å². The van der Waals surface area contributed by atoms with E-state index in [0.29, 0.717) is 18.0 Å². The van der Waals surface area contributed by atoms with Crippen molar-refractivity contribution in [3.05, 3.63) is 52.5 Å². The molecule has 9 heteroatoms. The van der Waals surface area contributed by atoms with Gasteiger partial charge in [-0.1, -0.05) is 30.3 Å². The highest BCUT2D eigenvalue weighted by atomic mass is 32.1. The first-order valence-corrected chi connectivity index (χ1v) is 10.0. The second-order valence-corrected chi connectivity index (χ2v) is 7.49. The minimum absolute atomic E-state index is 0.375. The van der Waals surface area contributed by atoms with Gasteiger partial charge in [0.05, 0.1) is 12.2 Å². The minimum atomic E-state index is -1.10. The molecule has 3 aromatic rings. The Morgan fingerprint density at radius 1 is 1.24 bits per heavy atom. The maximum Gasteiger partial charge on any atom is 0.349 e. The Kier molecular flexibility index (Phi) is 6.28. The lowest BCUT2D eigenvalue weighted by Gasteiger charge is -2.12. The van der Waals surface area contributed by atoms with Crippen LogP contribution in [0.1, 0.15) is 34.8 Å². The quantitative estimate of drug-likeness (QED) is 0.604. The summed E-state index contributed by atoms with van der Waals surface area (Å²) in [6.07, 6.45) is -1.10. The number of imide groups is 1. The van der Waals surface area contributed by atoms with E-state index in [1.807, 2.05) is 41.9 Å². The molecule has 1 aromatic carbocycles. The van der Waals surface area contributed by atoms with Crippen LogP contribution >= 0.6 is 11.3 Å². The summed E-state index contributed by atoms with van der Waals surface area (Å²) < 4.78 is 7.08. The molecule has 0 bridgehead atoms. The molecule has 0 aliphatic rings. The Bertz CT molecular complexity index is 1040. The summed E-state index contributed by atoms with van der Waals surface area (Å²) in [5.41, 5.74) is 1.92. The molecule has 0 spiro atoms. The van der Waals surface area contributed by atoms with Crippen LogP contribution in [-0.4, -0.2) is 40.3 Å². The largest absolute Gasteiger partial charge is 0.448 e. The molecule has 0 fully saturated rings. The normalized spacial score (nSPS) is 11.8. The van der Waals surface area contributed by atoms with E-state index in [9.17, 15) is 14.4 Å². The van der Waals surface area contributed by atoms with Crippen molar-refractivity contribution in [3.63, 3.8) is 0 Å². The van der Waals surface area contributed by atoms with Crippen molar-refractivity contribution in [2.45, 2.75) is 33.4 Å². The number of nitrogens with zero attached hydrogens (tertiary/aromatic N) is 2. The van der Waals surface area contributed by atoms with Crippen molar-refractivity contribution in [3.8, 4) is 0 Å². The third kappa shape index (κ3) is 4.80. The molecule has 1 atom stereocenters. The first-order chi connectivity index (χ1) is 13.9. The molecule has 0 saturated heterocycles. The predicted octanol–water partition coefficient (Wildman–Crippen LogP) is 2.85. The van der Waals surface area contributed by atoms with E-state index in [0.717, 1.165) is 21.5 Å². The average molecular weight is 414 g/mol. The number of urea groups is 1. The maximum absolute atomic E-state index is 12.5. The summed E-state index contributed by atoms with van der Waals surface area (Å²) in [7, 11) is 0. The van der Waals surface area contributed by atoms with Crippen LogP contribution in [0.4, 0.5) is 4.79 Å². The number of rotatable bonds is 6. The summed E-state index contributed by atoms with van der Waals surface area (Å²) >= 11 is 1.26. The van der Waals surface area contributed by atoms with Gasteiger partial charge in [0.25, 0.3) is 5.91 Å². The molecule has 29 heavy (non-hydrogen) atoms. The van der Waals surface area contributed by atoms with Gasteiger partial charge < -0.3 is 10.1 Å². The zero-order chi connectivity index (χ0) is 21.0. The number of aromatic nitrogens is 2. The summed E-state index contributed by atoms with van der Waals surface area (Å²) in [4.78, 5) is 37.1. The number of hydrogen-bond acceptors (Lipinski definition) is 6. The molecule has 0 radical (unpaired) electrons. The van der Waals surface area contributed by atoms with E-state index in [4.69, 9.17) is 4.74 Å². The van der Waals surface area contributed by atoms with Crippen molar-refractivity contribution in [1.82, 2.24) is 20.4 Å². The zero-order valence-corrected chi connectivity index (χ0v) is 17.2. The summed E-state index contributed by atoms with van der Waals surface area (Å²) in [5, 5.41) is 10.00. The van der Waals surface area contributed by atoms with Gasteiger partial charge >= 0.3 is 12.0 Å². The second kappa shape index (κ2) is 8.87. The van der Waals surface area contributed by atoms with Gasteiger partial charge in [0.1, 0.15) is 9.71 Å². The smallest absolute Gasteiger partial charge is 0.349 e. The molecule has 2 N–H and O–H groups in total. The van der Waals surface area contributed by atoms with Crippen LogP contribution in [0.5, 0.6) is 0 Å². The molecule has 3 rings (SSSR count). The number of amides is 3. The lowest BCUT2D eigenvalue weighted by molar-refractivity contribution is -0.127. The highest BCUT2D eigenvalue weighted by Crippen LogP contribution is 2.29. The molecule has 2 aromatic heterocycles. The van der Waals surface area contributed by atoms with E-state index >= 15 is 0 Å². The summed E-state index contributed by atoms with van der Waals surface area (Å²) in [6.45, 7) is 6.01. The van der Waals surface area contributed by atoms with Gasteiger partial charge in [-0.25, -0.2) is 9.59 Å². The molecule has 8 nitrogen and oxygen atoms in total. The number of fused-ring (bicyclic) bond motifs is 1. The number of benzene rings is 1. The van der Waals surface area contributed by atoms with E-state index in [1.54, 1.807) is 13.0 Å². The third-order valence-electron chi connectivity index (χ3n) is 4.21. The van der Waals surface area contributed by atoms with Gasteiger partial charge in [-0.3, -0.25) is 14.8 Å². The van der Waals surface area contributed by atoms with Gasteiger partial charge in [0, 0.05) is 11.9 Å². The van der Waals surface area contributed by atoms with Crippen LogP contribution in [0, 0.1) is 6.92 Å². The highest BCUT2D eigenvalue weighted by Gasteiger charge is 2.23. The Hall–Kier alpha value is -3.20. The molecule has 0 saturated carbocycles. The Balaban J connectivity index is 1.73. The monoisotopic (exact) mass is 414 g/mol. The van der Waals surface area contributed by atoms with Gasteiger partial charge in [0.15, 0.2) is 6.10 Å². The highest BCUT2D eigenvalue weighted by molar-refractivity contribution is 7.20. The van der Waals surface area contributed by atoms with Gasteiger partial charge in [-0.15, -0.1) is 11.3 Å². The number of esters is 1. The van der Waals surface area contributed by atoms with Crippen LogP contribution in [0.25, 0.3) is 10.2 Å². The van der Waals surface area contributed by atoms with Crippen molar-refractivity contribution >= 4 is 39.5 Å². The zero-order valence-electron chi connectivity index (χ0n) is 16.4. The molecule has 0 unspecified atom stereocenters. The Morgan fingerprint density at radius 3 is 2.66 bits per heavy atom. The fourth-order valence-corrected chi connectivity index (χ4v) is 3.81. The van der Waals surface area contributed by atoms with E-state index < -0.39 is 24.0 Å². The van der Waals surface area contributed by atoms with Crippen LogP contribution in [0.3, 0.4) is 0 Å². The van der Waals surface area contributed by atoms with Crippen molar-refractivity contribution in [1.29, 1.82) is 0 Å². The first-order valence-electron chi connectivity index (χ1n) is 9.19. The van der Waals surface area contributed by atoms with Crippen LogP contribution < -0.4 is 10.6 Å². The molecular weight excluding hydrogens is 392 g/mol. The number of carbonyl (C=O) groups is 3. The van der Waals surface area contributed by atoms with Crippen molar-refractivity contribution in [2.24, 2.45) is 0 Å². The number of carbonyl (C=O) groups excluding carboxylic acids is 3. The minimum Gasteiger partial charge on any atom is -0.448 e. The van der Waals surface area contributed by atoms with Crippen molar-refractivity contribution < 1.29 is 19.1 Å². The number of nitrogens with one attached hydrogen (secondary N) is 2. The SMILES string of the molecule is CCNC(=O)NC(=O)[C@@H](C)OC(=O)c1cc2c(C)nn(Cc3ccccc3)c2s1. The van der Waals surface area contributed by atoms with Gasteiger partial charge in [-0.2, -0.15) is 5.10 Å². The second-order valence-electron chi connectivity index (χ2n) is 6.45. The van der Waals surface area contributed by atoms with Crippen molar-refractivity contribution in [2.75, 3.05) is 6.54 Å². The van der Waals surface area contributed by atoms with E-state index in [2.05, 4.69) is 15.7 Å². The molecule has 0 aliphatic heterocycles. The molecule has 0 aliphatic carbocycles. The topological polar surface area (TPSA) is 102 Å². The molecule has 3 amide bonds. The summed E-state index contributed by atoms with van der Waals surface area (Å²) in [5.74, 6) is -1.30. The number of aryl methyl sites for hydroxylation is 1. The standard InChI is InChI=1S/C20H22N4O4S/c1-4-21-20(27)22-17(25)13(3)28-19(26)16-10-15-12(2)23-24(18(15)29-16)11-14-8-6-5-7-9-14/h5-10,13H,4,11H2,1-3H3,(H2,21,22,25,27)/t13-/m1/s1. The summed E-state index contributed by atoms with van der Waals surface area (Å²) in [6, 6.07) is 11.0. The molecular formula is C20H22N4O4S. The first kappa shape index (κ1) is 20.5. The fraction of sp³-hybridized carbons (Fsp3) is 0.300. The lowest BCUT2D eigenvalue weighted by Crippen LogP contribution is -2.44. The fourth-order valence-electron chi connectivity index (χ4n) is 2.77. The molecule has 152 valence electrons. The average Bonchev–Trinajstić information content (AvgIpc) is 3.24. The van der Waals surface area contributed by atoms with Crippen LogP contribution in [0.15, 0.2) is 36.4 Å². The Labute approximate surface area is 171 Å². The van der Waals surface area contributed by atoms with E-state index in [-0.39, 0.29) is 0 Å². The predicted molar refractivity (Wildman–Crippen MR) is 110 cm³/mol. The number of thiophene rings is 1. The van der Waals surface area contributed by atoms with Crippen LogP contribution in [-0.2, 0) is 16.1 Å². The maximum atomic E-state index is 12.5. The lowest BCUT2D eigenvalue weighted by atomic mass is 10.2. The Morgan fingerprint density at radius 2 is 1.97 bits per heavy atom.